The molecule has 0 heterocycles. The highest BCUT2D eigenvalue weighted by molar-refractivity contribution is 6.02. The largest absolute Gasteiger partial charge is 0.478 e. The quantitative estimate of drug-likeness (QED) is 0.178. The highest BCUT2D eigenvalue weighted by Gasteiger charge is 2.19. The minimum Gasteiger partial charge on any atom is -0.478 e. The average Bonchev–Trinajstić information content (AvgIpc) is 2.64. The van der Waals surface area contributed by atoms with E-state index in [0.717, 1.165) is 26.2 Å². The van der Waals surface area contributed by atoms with E-state index >= 15 is 0 Å². The van der Waals surface area contributed by atoms with Gasteiger partial charge in [-0.05, 0) is 6.92 Å². The number of amides is 2. The fraction of sp³-hybridized carbons (Fsp3) is 0.375. The first-order chi connectivity index (χ1) is 13.1. The third-order valence-electron chi connectivity index (χ3n) is 3.04. The lowest BCUT2D eigenvalue weighted by Gasteiger charge is -2.08. The Labute approximate surface area is 159 Å². The summed E-state index contributed by atoms with van der Waals surface area (Å²) in [4.78, 5) is 66.9. The summed E-state index contributed by atoms with van der Waals surface area (Å²) in [6.07, 6.45) is 0.958. The van der Waals surface area contributed by atoms with Gasteiger partial charge in [0, 0.05) is 30.8 Å². The Bertz CT molecular complexity index is 708. The van der Waals surface area contributed by atoms with E-state index in [-0.39, 0.29) is 13.1 Å². The molecule has 0 bridgehead atoms. The summed E-state index contributed by atoms with van der Waals surface area (Å²) in [6, 6.07) is 0. The summed E-state index contributed by atoms with van der Waals surface area (Å²) in [7, 11) is 1.12. The molecule has 0 aromatic carbocycles. The van der Waals surface area contributed by atoms with E-state index in [0.29, 0.717) is 0 Å². The molecule has 0 aromatic heterocycles. The number of hydrogen-bond acceptors (Lipinski definition) is 8. The minimum absolute atomic E-state index is 0.0514. The molecule has 0 radical (unpaired) electrons. The molecule has 0 saturated carbocycles. The molecule has 12 heteroatoms. The molecule has 0 atom stereocenters. The first kappa shape index (κ1) is 24.3. The molecule has 0 saturated heterocycles. The van der Waals surface area contributed by atoms with E-state index in [1.165, 1.54) is 0 Å². The van der Waals surface area contributed by atoms with Gasteiger partial charge >= 0.3 is 23.9 Å². The Morgan fingerprint density at radius 3 is 1.89 bits per heavy atom. The van der Waals surface area contributed by atoms with Gasteiger partial charge in [-0.1, -0.05) is 0 Å². The second-order valence-corrected chi connectivity index (χ2v) is 5.05. The summed E-state index contributed by atoms with van der Waals surface area (Å²) in [6.45, 7) is 0.326. The second-order valence-electron chi connectivity index (χ2n) is 5.05. The molecule has 154 valence electrons. The maximum absolute atomic E-state index is 11.7. The number of carbonyl (C=O) groups excluding carboxylic acids is 4. The van der Waals surface area contributed by atoms with Gasteiger partial charge in [0.1, 0.15) is 0 Å². The molecule has 0 unspecified atom stereocenters. The molecule has 0 aromatic rings. The smallest absolute Gasteiger partial charge is 0.332 e. The van der Waals surface area contributed by atoms with Crippen LogP contribution in [-0.4, -0.2) is 72.7 Å². The van der Waals surface area contributed by atoms with Crippen LogP contribution in [0.5, 0.6) is 0 Å². The zero-order valence-electron chi connectivity index (χ0n) is 15.1. The first-order valence-corrected chi connectivity index (χ1v) is 7.71. The first-order valence-electron chi connectivity index (χ1n) is 7.71. The molecule has 2 amide bonds. The van der Waals surface area contributed by atoms with Crippen molar-refractivity contribution in [1.82, 2.24) is 10.6 Å². The van der Waals surface area contributed by atoms with Gasteiger partial charge in [0.2, 0.25) is 5.91 Å². The number of aliphatic carboxylic acids is 2. The third-order valence-corrected chi connectivity index (χ3v) is 3.04. The number of carboxylic acids is 2. The number of carbonyl (C=O) groups is 6. The maximum atomic E-state index is 11.7. The van der Waals surface area contributed by atoms with E-state index in [9.17, 15) is 28.8 Å². The molecule has 0 aliphatic carbocycles. The van der Waals surface area contributed by atoms with Crippen LogP contribution in [0.3, 0.4) is 0 Å². The molecule has 0 aliphatic heterocycles. The standard InChI is InChI=1S/C16H20N2O10/c1-9(15(23)24)10(16(25)26)7-11(19)17-5-6-18-12(20)8-28-14(22)4-3-13(21)27-2/h3-4H,5-8H2,1-2H3,(H,17,19)(H,18,20)(H,23,24)(H,25,26). The number of methoxy groups -OCH3 is 1. The topological polar surface area (TPSA) is 185 Å². The summed E-state index contributed by atoms with van der Waals surface area (Å²) in [5.74, 6) is -6.10. The van der Waals surface area contributed by atoms with Crippen LogP contribution in [0, 0.1) is 0 Å². The van der Waals surface area contributed by atoms with E-state index in [2.05, 4.69) is 20.1 Å². The van der Waals surface area contributed by atoms with Crippen molar-refractivity contribution in [2.45, 2.75) is 13.3 Å². The number of carboxylic acid groups (broad SMARTS) is 2. The maximum Gasteiger partial charge on any atom is 0.332 e. The van der Waals surface area contributed by atoms with Crippen LogP contribution in [0.25, 0.3) is 0 Å². The lowest BCUT2D eigenvalue weighted by molar-refractivity contribution is -0.144. The van der Waals surface area contributed by atoms with Crippen molar-refractivity contribution >= 4 is 35.7 Å². The van der Waals surface area contributed by atoms with Gasteiger partial charge in [-0.3, -0.25) is 9.59 Å². The highest BCUT2D eigenvalue weighted by Crippen LogP contribution is 2.09. The normalized spacial score (nSPS) is 11.2. The number of ether oxygens (including phenoxy) is 2. The average molecular weight is 400 g/mol. The Hall–Kier alpha value is -3.70. The van der Waals surface area contributed by atoms with Gasteiger partial charge in [0.15, 0.2) is 6.61 Å². The lowest BCUT2D eigenvalue weighted by atomic mass is 10.1. The van der Waals surface area contributed by atoms with Gasteiger partial charge in [0.05, 0.1) is 19.1 Å². The molecular weight excluding hydrogens is 380 g/mol. The van der Waals surface area contributed by atoms with E-state index < -0.39 is 59.9 Å². The predicted molar refractivity (Wildman–Crippen MR) is 90.7 cm³/mol. The van der Waals surface area contributed by atoms with Crippen LogP contribution in [0.1, 0.15) is 13.3 Å². The number of hydrogen-bond donors (Lipinski definition) is 4. The Morgan fingerprint density at radius 2 is 1.39 bits per heavy atom. The van der Waals surface area contributed by atoms with E-state index in [4.69, 9.17) is 10.2 Å². The fourth-order valence-corrected chi connectivity index (χ4v) is 1.56. The minimum atomic E-state index is -1.52. The lowest BCUT2D eigenvalue weighted by Crippen LogP contribution is -2.37. The summed E-state index contributed by atoms with van der Waals surface area (Å²) in [5.41, 5.74) is -1.01. The van der Waals surface area contributed by atoms with Crippen LogP contribution in [0.2, 0.25) is 0 Å². The molecule has 4 N–H and O–H groups in total. The number of nitrogens with one attached hydrogen (secondary N) is 2. The van der Waals surface area contributed by atoms with Gasteiger partial charge < -0.3 is 30.3 Å². The van der Waals surface area contributed by atoms with E-state index in [1.807, 2.05) is 0 Å². The molecule has 0 aliphatic rings. The van der Waals surface area contributed by atoms with Crippen LogP contribution >= 0.6 is 0 Å². The molecule has 0 rings (SSSR count). The van der Waals surface area contributed by atoms with Gasteiger partial charge in [-0.25, -0.2) is 19.2 Å². The van der Waals surface area contributed by atoms with Crippen LogP contribution in [0.4, 0.5) is 0 Å². The second kappa shape index (κ2) is 12.6. The summed E-state index contributed by atoms with van der Waals surface area (Å²) >= 11 is 0. The summed E-state index contributed by atoms with van der Waals surface area (Å²) < 4.78 is 8.81. The zero-order valence-corrected chi connectivity index (χ0v) is 15.1. The number of rotatable bonds is 11. The highest BCUT2D eigenvalue weighted by atomic mass is 16.5. The third kappa shape index (κ3) is 10.3. The fourth-order valence-electron chi connectivity index (χ4n) is 1.56. The Kier molecular flexibility index (Phi) is 11.0. The Morgan fingerprint density at radius 1 is 0.857 bits per heavy atom. The molecule has 28 heavy (non-hydrogen) atoms. The van der Waals surface area contributed by atoms with Gasteiger partial charge in [0.25, 0.3) is 5.91 Å². The van der Waals surface area contributed by atoms with Crippen molar-refractivity contribution in [1.29, 1.82) is 0 Å². The van der Waals surface area contributed by atoms with Crippen molar-refractivity contribution in [3.05, 3.63) is 23.3 Å². The zero-order chi connectivity index (χ0) is 21.7. The van der Waals surface area contributed by atoms with Crippen LogP contribution < -0.4 is 10.6 Å². The van der Waals surface area contributed by atoms with Gasteiger partial charge in [-0.15, -0.1) is 0 Å². The van der Waals surface area contributed by atoms with Crippen LogP contribution in [-0.2, 0) is 38.2 Å². The Balaban J connectivity index is 4.21. The molecule has 12 nitrogen and oxygen atoms in total. The van der Waals surface area contributed by atoms with Crippen LogP contribution in [0.15, 0.2) is 23.3 Å². The van der Waals surface area contributed by atoms with Crippen molar-refractivity contribution < 1.29 is 48.5 Å². The molecule has 0 spiro atoms. The number of esters is 2. The van der Waals surface area contributed by atoms with E-state index in [1.54, 1.807) is 0 Å². The van der Waals surface area contributed by atoms with Crippen molar-refractivity contribution in [2.24, 2.45) is 0 Å². The monoisotopic (exact) mass is 400 g/mol. The molecule has 0 fully saturated rings. The molecular formula is C16H20N2O10. The van der Waals surface area contributed by atoms with Crippen molar-refractivity contribution in [3.63, 3.8) is 0 Å². The van der Waals surface area contributed by atoms with Gasteiger partial charge in [-0.2, -0.15) is 0 Å². The predicted octanol–water partition coefficient (Wildman–Crippen LogP) is -1.63. The van der Waals surface area contributed by atoms with Crippen molar-refractivity contribution in [2.75, 3.05) is 26.8 Å². The summed E-state index contributed by atoms with van der Waals surface area (Å²) in [5, 5.41) is 22.4. The van der Waals surface area contributed by atoms with Crippen molar-refractivity contribution in [3.8, 4) is 0 Å². The SMILES string of the molecule is COC(=O)C=CC(=O)OCC(=O)NCCNC(=O)CC(C(=O)O)=C(C)C(=O)O.